The van der Waals surface area contributed by atoms with E-state index in [0.29, 0.717) is 11.3 Å². The highest BCUT2D eigenvalue weighted by atomic mass is 35.5. The Bertz CT molecular complexity index is 365. The summed E-state index contributed by atoms with van der Waals surface area (Å²) in [6.45, 7) is 4.03. The van der Waals surface area contributed by atoms with Crippen molar-refractivity contribution in [1.82, 2.24) is 10.2 Å². The molecule has 2 fully saturated rings. The molecule has 1 unspecified atom stereocenters. The first-order valence-corrected chi connectivity index (χ1v) is 7.94. The topological polar surface area (TPSA) is 32.3 Å². The quantitative estimate of drug-likeness (QED) is 0.755. The monoisotopic (exact) mass is 298 g/mol. The molecule has 0 bridgehead atoms. The van der Waals surface area contributed by atoms with Crippen LogP contribution in [-0.4, -0.2) is 37.0 Å². The van der Waals surface area contributed by atoms with Gasteiger partial charge in [-0.15, -0.1) is 12.4 Å². The summed E-state index contributed by atoms with van der Waals surface area (Å²) in [6.07, 6.45) is 12.9. The molecule has 1 atom stereocenters. The molecule has 0 radical (unpaired) electrons. The van der Waals surface area contributed by atoms with Crippen LogP contribution in [0.5, 0.6) is 0 Å². The molecule has 20 heavy (non-hydrogen) atoms. The normalized spacial score (nSPS) is 31.1. The van der Waals surface area contributed by atoms with Crippen molar-refractivity contribution in [2.75, 3.05) is 26.2 Å². The van der Waals surface area contributed by atoms with E-state index in [2.05, 4.69) is 22.4 Å². The second kappa shape index (κ2) is 6.95. The van der Waals surface area contributed by atoms with Crippen LogP contribution in [-0.2, 0) is 4.79 Å². The second-order valence-corrected chi connectivity index (χ2v) is 6.60. The van der Waals surface area contributed by atoms with Crippen molar-refractivity contribution in [1.29, 1.82) is 0 Å². The van der Waals surface area contributed by atoms with Gasteiger partial charge in [0, 0.05) is 19.0 Å². The van der Waals surface area contributed by atoms with Gasteiger partial charge < -0.3 is 10.2 Å². The number of nitrogens with zero attached hydrogens (tertiary/aromatic N) is 1. The summed E-state index contributed by atoms with van der Waals surface area (Å²) in [5.74, 6) is 0.727. The molecule has 2 saturated heterocycles. The Labute approximate surface area is 128 Å². The van der Waals surface area contributed by atoms with Crippen LogP contribution in [0.15, 0.2) is 12.2 Å². The van der Waals surface area contributed by atoms with Crippen molar-refractivity contribution >= 4 is 18.3 Å². The number of allylic oxidation sites excluding steroid dienone is 2. The van der Waals surface area contributed by atoms with Crippen molar-refractivity contribution in [2.24, 2.45) is 11.3 Å². The summed E-state index contributed by atoms with van der Waals surface area (Å²) >= 11 is 0. The van der Waals surface area contributed by atoms with Crippen LogP contribution in [0, 0.1) is 11.3 Å². The first-order valence-electron chi connectivity index (χ1n) is 7.94. The number of amides is 1. The van der Waals surface area contributed by atoms with E-state index in [1.807, 2.05) is 0 Å². The minimum Gasteiger partial charge on any atom is -0.342 e. The number of likely N-dealkylation sites (tertiary alicyclic amines) is 1. The maximum Gasteiger partial charge on any atom is 0.225 e. The molecular weight excluding hydrogens is 272 g/mol. The summed E-state index contributed by atoms with van der Waals surface area (Å²) in [5.41, 5.74) is 0.412. The Morgan fingerprint density at radius 3 is 2.70 bits per heavy atom. The number of hydrogen-bond acceptors (Lipinski definition) is 2. The lowest BCUT2D eigenvalue weighted by Gasteiger charge is -2.45. The summed E-state index contributed by atoms with van der Waals surface area (Å²) in [5, 5.41) is 3.35. The van der Waals surface area contributed by atoms with Gasteiger partial charge in [-0.2, -0.15) is 0 Å². The molecule has 2 heterocycles. The Balaban J connectivity index is 0.00000147. The maximum absolute atomic E-state index is 12.7. The van der Waals surface area contributed by atoms with Gasteiger partial charge in [0.05, 0.1) is 0 Å². The standard InChI is InChI=1S/C16H26N2O.ClH/c19-15(14-5-10-17-11-6-14)18-12-4-9-16(13-18)7-2-1-3-8-16;/h1-2,14,17H,3-13H2;1H. The molecule has 1 aliphatic carbocycles. The first-order chi connectivity index (χ1) is 9.29. The molecule has 2 aliphatic heterocycles. The number of hydrogen-bond donors (Lipinski definition) is 1. The highest BCUT2D eigenvalue weighted by Gasteiger charge is 2.38. The van der Waals surface area contributed by atoms with Crippen LogP contribution >= 0.6 is 12.4 Å². The zero-order valence-corrected chi connectivity index (χ0v) is 13.1. The lowest BCUT2D eigenvalue weighted by Crippen LogP contribution is -2.49. The highest BCUT2D eigenvalue weighted by Crippen LogP contribution is 2.41. The average Bonchev–Trinajstić information content (AvgIpc) is 2.48. The Kier molecular flexibility index (Phi) is 5.50. The van der Waals surface area contributed by atoms with Gasteiger partial charge in [0.15, 0.2) is 0 Å². The molecule has 1 spiro atoms. The third-order valence-corrected chi connectivity index (χ3v) is 5.22. The third kappa shape index (κ3) is 3.37. The van der Waals surface area contributed by atoms with Crippen molar-refractivity contribution in [3.8, 4) is 0 Å². The molecule has 4 heteroatoms. The number of carbonyl (C=O) groups excluding carboxylic acids is 1. The third-order valence-electron chi connectivity index (χ3n) is 5.22. The molecule has 3 nitrogen and oxygen atoms in total. The molecule has 3 rings (SSSR count). The predicted molar refractivity (Wildman–Crippen MR) is 84.1 cm³/mol. The van der Waals surface area contributed by atoms with Gasteiger partial charge in [-0.05, 0) is 63.5 Å². The van der Waals surface area contributed by atoms with Gasteiger partial charge >= 0.3 is 0 Å². The SMILES string of the molecule is Cl.O=C(C1CCNCC1)N1CCCC2(CC=CCC2)C1. The van der Waals surface area contributed by atoms with Gasteiger partial charge in [0.25, 0.3) is 0 Å². The summed E-state index contributed by atoms with van der Waals surface area (Å²) in [6, 6.07) is 0. The van der Waals surface area contributed by atoms with Crippen LogP contribution in [0.2, 0.25) is 0 Å². The van der Waals surface area contributed by atoms with Crippen LogP contribution in [0.4, 0.5) is 0 Å². The van der Waals surface area contributed by atoms with Crippen molar-refractivity contribution in [3.05, 3.63) is 12.2 Å². The molecule has 3 aliphatic rings. The molecular formula is C16H27ClN2O. The van der Waals surface area contributed by atoms with E-state index < -0.39 is 0 Å². The van der Waals surface area contributed by atoms with Gasteiger partial charge in [-0.25, -0.2) is 0 Å². The van der Waals surface area contributed by atoms with E-state index in [9.17, 15) is 4.79 Å². The molecule has 114 valence electrons. The van der Waals surface area contributed by atoms with Crippen LogP contribution in [0.3, 0.4) is 0 Å². The predicted octanol–water partition coefficient (Wildman–Crippen LogP) is 2.76. The number of carbonyl (C=O) groups is 1. The highest BCUT2D eigenvalue weighted by molar-refractivity contribution is 5.85. The molecule has 0 aromatic carbocycles. The van der Waals surface area contributed by atoms with Gasteiger partial charge in [0.2, 0.25) is 5.91 Å². The molecule has 0 aromatic rings. The van der Waals surface area contributed by atoms with Gasteiger partial charge in [-0.3, -0.25) is 4.79 Å². The zero-order chi connectivity index (χ0) is 13.1. The number of halogens is 1. The summed E-state index contributed by atoms with van der Waals surface area (Å²) in [7, 11) is 0. The van der Waals surface area contributed by atoms with Gasteiger partial charge in [0.1, 0.15) is 0 Å². The van der Waals surface area contributed by atoms with Crippen molar-refractivity contribution in [3.63, 3.8) is 0 Å². The minimum atomic E-state index is 0. The van der Waals surface area contributed by atoms with Crippen LogP contribution < -0.4 is 5.32 Å². The average molecular weight is 299 g/mol. The summed E-state index contributed by atoms with van der Waals surface area (Å²) < 4.78 is 0. The van der Waals surface area contributed by atoms with Crippen molar-refractivity contribution in [2.45, 2.75) is 44.9 Å². The fourth-order valence-corrected chi connectivity index (χ4v) is 4.04. The van der Waals surface area contributed by atoms with E-state index in [0.717, 1.165) is 39.0 Å². The van der Waals surface area contributed by atoms with E-state index in [1.54, 1.807) is 0 Å². The van der Waals surface area contributed by atoms with E-state index in [-0.39, 0.29) is 18.3 Å². The maximum atomic E-state index is 12.7. The smallest absolute Gasteiger partial charge is 0.225 e. The fraction of sp³-hybridized carbons (Fsp3) is 0.812. The first kappa shape index (κ1) is 15.8. The van der Waals surface area contributed by atoms with E-state index >= 15 is 0 Å². The lowest BCUT2D eigenvalue weighted by atomic mass is 9.71. The Hall–Kier alpha value is -0.540. The second-order valence-electron chi connectivity index (χ2n) is 6.60. The fourth-order valence-electron chi connectivity index (χ4n) is 4.04. The summed E-state index contributed by atoms with van der Waals surface area (Å²) in [4.78, 5) is 14.9. The van der Waals surface area contributed by atoms with E-state index in [1.165, 1.54) is 32.1 Å². The number of piperidine rings is 2. The largest absolute Gasteiger partial charge is 0.342 e. The minimum absolute atomic E-state index is 0. The number of nitrogens with one attached hydrogen (secondary N) is 1. The van der Waals surface area contributed by atoms with Gasteiger partial charge in [-0.1, -0.05) is 12.2 Å². The molecule has 1 N–H and O–H groups in total. The molecule has 0 aromatic heterocycles. The van der Waals surface area contributed by atoms with E-state index in [4.69, 9.17) is 0 Å². The molecule has 1 amide bonds. The molecule has 0 saturated carbocycles. The zero-order valence-electron chi connectivity index (χ0n) is 12.3. The lowest BCUT2D eigenvalue weighted by molar-refractivity contribution is -0.140. The Morgan fingerprint density at radius 2 is 2.00 bits per heavy atom. The van der Waals surface area contributed by atoms with Crippen molar-refractivity contribution < 1.29 is 4.79 Å². The van der Waals surface area contributed by atoms with Crippen LogP contribution in [0.25, 0.3) is 0 Å². The van der Waals surface area contributed by atoms with Crippen LogP contribution in [0.1, 0.15) is 44.9 Å². The number of rotatable bonds is 1. The Morgan fingerprint density at radius 1 is 1.20 bits per heavy atom.